The smallest absolute Gasteiger partial charge is 0.169 e. The Morgan fingerprint density at radius 2 is 1.79 bits per heavy atom. The molecule has 0 radical (unpaired) electrons. The number of carbonyl (C=O) groups excluding carboxylic acids is 1. The number of Topliss-reactive ketones (excluding diaryl/α,β-unsaturated/α-hetero) is 1. The first-order valence-corrected chi connectivity index (χ1v) is 6.70. The molecule has 19 heavy (non-hydrogen) atoms. The lowest BCUT2D eigenvalue weighted by atomic mass is 9.87. The van der Waals surface area contributed by atoms with Gasteiger partial charge in [0, 0.05) is 12.0 Å². The summed E-state index contributed by atoms with van der Waals surface area (Å²) in [6.07, 6.45) is 3.56. The molecule has 2 atom stereocenters. The van der Waals surface area contributed by atoms with Gasteiger partial charge in [0.15, 0.2) is 5.78 Å². The number of halogens is 2. The molecule has 0 aromatic heterocycles. The van der Waals surface area contributed by atoms with Crippen molar-refractivity contribution in [1.82, 2.24) is 0 Å². The Hall–Kier alpha value is -1.29. The Labute approximate surface area is 110 Å². The lowest BCUT2D eigenvalue weighted by Crippen LogP contribution is -2.30. The lowest BCUT2D eigenvalue weighted by molar-refractivity contribution is -0.0150. The molecule has 2 aliphatic heterocycles. The summed E-state index contributed by atoms with van der Waals surface area (Å²) in [5.74, 6) is -1.76. The molecule has 102 valence electrons. The molecular weight excluding hydrogens is 250 g/mol. The van der Waals surface area contributed by atoms with E-state index in [1.165, 1.54) is 6.07 Å². The maximum Gasteiger partial charge on any atom is 0.169 e. The molecule has 2 unspecified atom stereocenters. The molecule has 2 saturated heterocycles. The standard InChI is InChI=1S/C15H16F2O2/c1-8-4-12(14(17)7-13(8)16)15(18)9-5-10-2-3-11(6-9)19-10/h4,7,9-11H,2-3,5-6H2,1H3. The number of benzene rings is 1. The Balaban J connectivity index is 1.86. The molecule has 2 nitrogen and oxygen atoms in total. The summed E-state index contributed by atoms with van der Waals surface area (Å²) in [6, 6.07) is 2.13. The van der Waals surface area contributed by atoms with Crippen LogP contribution in [0, 0.1) is 24.5 Å². The predicted molar refractivity (Wildman–Crippen MR) is 66.0 cm³/mol. The van der Waals surface area contributed by atoms with Gasteiger partial charge < -0.3 is 4.74 Å². The van der Waals surface area contributed by atoms with Crippen LogP contribution in [-0.2, 0) is 4.74 Å². The fraction of sp³-hybridized carbons (Fsp3) is 0.533. The highest BCUT2D eigenvalue weighted by molar-refractivity contribution is 5.98. The highest BCUT2D eigenvalue weighted by Crippen LogP contribution is 2.37. The van der Waals surface area contributed by atoms with Crippen LogP contribution >= 0.6 is 0 Å². The van der Waals surface area contributed by atoms with E-state index in [2.05, 4.69) is 0 Å². The lowest BCUT2D eigenvalue weighted by Gasteiger charge is -2.27. The Bertz CT molecular complexity index is 515. The molecule has 0 aliphatic carbocycles. The van der Waals surface area contributed by atoms with E-state index in [0.717, 1.165) is 18.9 Å². The molecule has 2 aliphatic rings. The largest absolute Gasteiger partial charge is 0.375 e. The molecule has 4 heteroatoms. The van der Waals surface area contributed by atoms with Gasteiger partial charge in [-0.05, 0) is 44.2 Å². The minimum Gasteiger partial charge on any atom is -0.375 e. The molecule has 0 N–H and O–H groups in total. The Morgan fingerprint density at radius 1 is 1.16 bits per heavy atom. The van der Waals surface area contributed by atoms with E-state index in [0.29, 0.717) is 18.4 Å². The molecular formula is C15H16F2O2. The second kappa shape index (κ2) is 4.67. The van der Waals surface area contributed by atoms with Crippen LogP contribution < -0.4 is 0 Å². The van der Waals surface area contributed by atoms with Crippen molar-refractivity contribution < 1.29 is 18.3 Å². The van der Waals surface area contributed by atoms with Crippen molar-refractivity contribution in [3.8, 4) is 0 Å². The number of hydrogen-bond acceptors (Lipinski definition) is 2. The van der Waals surface area contributed by atoms with E-state index in [9.17, 15) is 13.6 Å². The number of fused-ring (bicyclic) bond motifs is 2. The zero-order chi connectivity index (χ0) is 13.6. The van der Waals surface area contributed by atoms with Gasteiger partial charge in [0.25, 0.3) is 0 Å². The fourth-order valence-corrected chi connectivity index (χ4v) is 3.14. The van der Waals surface area contributed by atoms with Crippen molar-refractivity contribution in [3.05, 3.63) is 34.9 Å². The second-order valence-corrected chi connectivity index (χ2v) is 5.57. The zero-order valence-corrected chi connectivity index (χ0v) is 10.8. The number of carbonyl (C=O) groups is 1. The van der Waals surface area contributed by atoms with Gasteiger partial charge in [-0.25, -0.2) is 8.78 Å². The quantitative estimate of drug-likeness (QED) is 0.767. The monoisotopic (exact) mass is 266 g/mol. The van der Waals surface area contributed by atoms with Crippen LogP contribution in [0.1, 0.15) is 41.6 Å². The third-order valence-electron chi connectivity index (χ3n) is 4.17. The number of ketones is 1. The van der Waals surface area contributed by atoms with Crippen molar-refractivity contribution in [2.75, 3.05) is 0 Å². The van der Waals surface area contributed by atoms with Crippen molar-refractivity contribution in [2.45, 2.75) is 44.8 Å². The van der Waals surface area contributed by atoms with Crippen LogP contribution in [0.4, 0.5) is 8.78 Å². The molecule has 2 fully saturated rings. The maximum atomic E-state index is 13.8. The molecule has 2 heterocycles. The van der Waals surface area contributed by atoms with Crippen LogP contribution in [0.3, 0.4) is 0 Å². The number of aryl methyl sites for hydroxylation is 1. The van der Waals surface area contributed by atoms with E-state index in [1.807, 2.05) is 0 Å². The Kier molecular flexibility index (Phi) is 3.13. The van der Waals surface area contributed by atoms with Crippen molar-refractivity contribution in [2.24, 2.45) is 5.92 Å². The topological polar surface area (TPSA) is 26.3 Å². The average Bonchev–Trinajstić information content (AvgIpc) is 2.72. The first-order chi connectivity index (χ1) is 9.04. The summed E-state index contributed by atoms with van der Waals surface area (Å²) in [5.41, 5.74) is 0.324. The molecule has 3 rings (SSSR count). The van der Waals surface area contributed by atoms with Gasteiger partial charge in [0.2, 0.25) is 0 Å². The van der Waals surface area contributed by atoms with E-state index < -0.39 is 11.6 Å². The van der Waals surface area contributed by atoms with Crippen molar-refractivity contribution in [1.29, 1.82) is 0 Å². The summed E-state index contributed by atoms with van der Waals surface area (Å²) in [7, 11) is 0. The van der Waals surface area contributed by atoms with Gasteiger partial charge in [-0.1, -0.05) is 0 Å². The molecule has 0 spiro atoms. The fourth-order valence-electron chi connectivity index (χ4n) is 3.14. The number of ether oxygens (including phenoxy) is 1. The van der Waals surface area contributed by atoms with Gasteiger partial charge in [-0.15, -0.1) is 0 Å². The van der Waals surface area contributed by atoms with Gasteiger partial charge in [-0.3, -0.25) is 4.79 Å². The van der Waals surface area contributed by atoms with Crippen LogP contribution in [0.15, 0.2) is 12.1 Å². The van der Waals surface area contributed by atoms with Crippen LogP contribution in [0.2, 0.25) is 0 Å². The maximum absolute atomic E-state index is 13.8. The summed E-state index contributed by atoms with van der Waals surface area (Å²) >= 11 is 0. The van der Waals surface area contributed by atoms with Crippen LogP contribution in [0.5, 0.6) is 0 Å². The minimum atomic E-state index is -0.757. The average molecular weight is 266 g/mol. The zero-order valence-electron chi connectivity index (χ0n) is 10.8. The van der Waals surface area contributed by atoms with Gasteiger partial charge in [-0.2, -0.15) is 0 Å². The normalized spacial score (nSPS) is 29.5. The first-order valence-electron chi connectivity index (χ1n) is 6.70. The van der Waals surface area contributed by atoms with Crippen molar-refractivity contribution >= 4 is 5.78 Å². The summed E-state index contributed by atoms with van der Waals surface area (Å²) in [4.78, 5) is 12.4. The minimum absolute atomic E-state index is 0.0187. The molecule has 2 bridgehead atoms. The number of hydrogen-bond donors (Lipinski definition) is 0. The summed E-state index contributed by atoms with van der Waals surface area (Å²) in [5, 5.41) is 0. The molecule has 1 aromatic rings. The SMILES string of the molecule is Cc1cc(C(=O)C2CC3CCC(C2)O3)c(F)cc1F. The van der Waals surface area contributed by atoms with Crippen LogP contribution in [0.25, 0.3) is 0 Å². The molecule has 0 amide bonds. The van der Waals surface area contributed by atoms with Gasteiger partial charge >= 0.3 is 0 Å². The summed E-state index contributed by atoms with van der Waals surface area (Å²) < 4.78 is 32.7. The second-order valence-electron chi connectivity index (χ2n) is 5.57. The van der Waals surface area contributed by atoms with E-state index in [1.54, 1.807) is 6.92 Å². The van der Waals surface area contributed by atoms with Gasteiger partial charge in [0.05, 0.1) is 17.8 Å². The van der Waals surface area contributed by atoms with E-state index >= 15 is 0 Å². The third kappa shape index (κ3) is 2.29. The van der Waals surface area contributed by atoms with Crippen molar-refractivity contribution in [3.63, 3.8) is 0 Å². The Morgan fingerprint density at radius 3 is 2.42 bits per heavy atom. The number of rotatable bonds is 2. The summed E-state index contributed by atoms with van der Waals surface area (Å²) in [6.45, 7) is 1.54. The molecule has 1 aromatic carbocycles. The predicted octanol–water partition coefficient (Wildman–Crippen LogP) is 3.41. The third-order valence-corrected chi connectivity index (χ3v) is 4.17. The van der Waals surface area contributed by atoms with Crippen LogP contribution in [-0.4, -0.2) is 18.0 Å². The highest BCUT2D eigenvalue weighted by Gasteiger charge is 2.38. The van der Waals surface area contributed by atoms with E-state index in [4.69, 9.17) is 4.74 Å². The van der Waals surface area contributed by atoms with Gasteiger partial charge in [0.1, 0.15) is 11.6 Å². The molecule has 0 saturated carbocycles. The highest BCUT2D eigenvalue weighted by atomic mass is 19.1. The first kappa shape index (κ1) is 12.7. The van der Waals surface area contributed by atoms with E-state index in [-0.39, 0.29) is 29.5 Å².